The molecule has 0 aliphatic carbocycles. The molecule has 9 heteroatoms. The number of hydrogen-bond acceptors (Lipinski definition) is 7. The third-order valence-corrected chi connectivity index (χ3v) is 18.2. The highest BCUT2D eigenvalue weighted by molar-refractivity contribution is 5.71. The Morgan fingerprint density at radius 3 is 0.762 bits per heavy atom. The Kier molecular flexibility index (Phi) is 79.5. The van der Waals surface area contributed by atoms with Crippen LogP contribution in [0.4, 0.5) is 0 Å². The van der Waals surface area contributed by atoms with Gasteiger partial charge in [0.05, 0.1) is 34.4 Å². The van der Waals surface area contributed by atoms with Gasteiger partial charge in [0.2, 0.25) is 0 Å². The van der Waals surface area contributed by atoms with Crippen LogP contribution in [0.3, 0.4) is 0 Å². The normalized spacial score (nSPS) is 13.6. The Bertz CT molecular complexity index is 2400. The molecule has 0 heterocycles. The number of ether oxygens (including phenoxy) is 4. The number of allylic oxidation sites excluding steroid dienone is 30. The summed E-state index contributed by atoms with van der Waals surface area (Å²) in [6.45, 7) is 4.67. The summed E-state index contributed by atoms with van der Waals surface area (Å²) in [7, 11) is 5.98. The monoisotopic (exact) mass is 1460 g/mol. The number of likely N-dealkylation sites (N-methyl/N-ethyl adjacent to an activating group) is 1. The molecule has 2 atom stereocenters. The van der Waals surface area contributed by atoms with E-state index >= 15 is 0 Å². The minimum atomic E-state index is -1.52. The van der Waals surface area contributed by atoms with Gasteiger partial charge in [-0.2, -0.15) is 0 Å². The van der Waals surface area contributed by atoms with E-state index in [1.165, 1.54) is 180 Å². The van der Waals surface area contributed by atoms with E-state index < -0.39 is 24.3 Å². The summed E-state index contributed by atoms with van der Waals surface area (Å²) in [5, 5.41) is 9.79. The zero-order valence-corrected chi connectivity index (χ0v) is 68.3. The van der Waals surface area contributed by atoms with E-state index in [9.17, 15) is 19.5 Å². The molecule has 0 saturated carbocycles. The molecule has 0 saturated heterocycles. The molecule has 0 rings (SSSR count). The van der Waals surface area contributed by atoms with Gasteiger partial charge >= 0.3 is 17.9 Å². The maximum atomic E-state index is 13.0. The molecular formula is C96H160NO8+. The second-order valence-corrected chi connectivity index (χ2v) is 29.4. The molecule has 2 unspecified atom stereocenters. The molecule has 0 aromatic carbocycles. The Hall–Kier alpha value is -5.61. The predicted molar refractivity (Wildman–Crippen MR) is 456 cm³/mol. The van der Waals surface area contributed by atoms with Crippen molar-refractivity contribution in [2.24, 2.45) is 0 Å². The van der Waals surface area contributed by atoms with Crippen LogP contribution in [-0.4, -0.2) is 87.4 Å². The van der Waals surface area contributed by atoms with Crippen LogP contribution in [0, 0.1) is 0 Å². The molecule has 105 heavy (non-hydrogen) atoms. The van der Waals surface area contributed by atoms with E-state index in [-0.39, 0.29) is 32.2 Å². The van der Waals surface area contributed by atoms with Crippen molar-refractivity contribution in [3.63, 3.8) is 0 Å². The number of carboxylic acids is 1. The first kappa shape index (κ1) is 99.4. The fourth-order valence-corrected chi connectivity index (χ4v) is 11.7. The number of unbranched alkanes of at least 4 members (excludes halogenated alkanes) is 33. The molecule has 0 aliphatic heterocycles. The lowest BCUT2D eigenvalue weighted by atomic mass is 10.0. The number of esters is 2. The Labute approximate surface area is 647 Å². The average molecular weight is 1460 g/mol. The van der Waals surface area contributed by atoms with Crippen LogP contribution in [0.1, 0.15) is 348 Å². The Balaban J connectivity index is 4.03. The molecule has 0 amide bonds. The molecular weight excluding hydrogens is 1300 g/mol. The largest absolute Gasteiger partial charge is 0.477 e. The first-order valence-corrected chi connectivity index (χ1v) is 42.9. The van der Waals surface area contributed by atoms with Crippen molar-refractivity contribution < 1.29 is 42.9 Å². The van der Waals surface area contributed by atoms with Crippen LogP contribution in [0.2, 0.25) is 0 Å². The summed E-state index contributed by atoms with van der Waals surface area (Å²) < 4.78 is 23.1. The molecule has 596 valence electrons. The van der Waals surface area contributed by atoms with E-state index in [2.05, 4.69) is 196 Å². The third-order valence-electron chi connectivity index (χ3n) is 18.2. The lowest BCUT2D eigenvalue weighted by Gasteiger charge is -2.25. The number of carboxylic acid groups (broad SMARTS) is 1. The molecule has 0 aromatic rings. The van der Waals surface area contributed by atoms with Gasteiger partial charge in [-0.1, -0.05) is 382 Å². The van der Waals surface area contributed by atoms with Gasteiger partial charge in [0.25, 0.3) is 6.29 Å². The van der Waals surface area contributed by atoms with Crippen molar-refractivity contribution in [3.8, 4) is 0 Å². The highest BCUT2D eigenvalue weighted by Gasteiger charge is 2.25. The topological polar surface area (TPSA) is 108 Å². The van der Waals surface area contributed by atoms with Crippen molar-refractivity contribution in [2.45, 2.75) is 360 Å². The van der Waals surface area contributed by atoms with Gasteiger partial charge in [-0.15, -0.1) is 0 Å². The summed E-state index contributed by atoms with van der Waals surface area (Å²) in [6.07, 6.45) is 125. The Morgan fingerprint density at radius 2 is 0.514 bits per heavy atom. The fourth-order valence-electron chi connectivity index (χ4n) is 11.7. The van der Waals surface area contributed by atoms with Crippen molar-refractivity contribution in [1.82, 2.24) is 0 Å². The number of carbonyl (C=O) groups is 3. The summed E-state index contributed by atoms with van der Waals surface area (Å²) in [5.41, 5.74) is 0. The molecule has 0 radical (unpaired) electrons. The molecule has 0 spiro atoms. The van der Waals surface area contributed by atoms with Crippen LogP contribution >= 0.6 is 0 Å². The van der Waals surface area contributed by atoms with Crippen LogP contribution in [0.5, 0.6) is 0 Å². The number of hydrogen-bond donors (Lipinski definition) is 1. The van der Waals surface area contributed by atoms with Gasteiger partial charge in [-0.05, 0) is 135 Å². The summed E-state index contributed by atoms with van der Waals surface area (Å²) in [4.78, 5) is 37.8. The summed E-state index contributed by atoms with van der Waals surface area (Å²) >= 11 is 0. The van der Waals surface area contributed by atoms with Gasteiger partial charge in [-0.25, -0.2) is 4.79 Å². The number of carbonyl (C=O) groups excluding carboxylic acids is 2. The lowest BCUT2D eigenvalue weighted by molar-refractivity contribution is -0.870. The number of aliphatic carboxylic acids is 1. The minimum Gasteiger partial charge on any atom is -0.477 e. The fraction of sp³-hybridized carbons (Fsp3) is 0.656. The van der Waals surface area contributed by atoms with Crippen LogP contribution < -0.4 is 0 Å². The molecule has 9 nitrogen and oxygen atoms in total. The number of rotatable bonds is 78. The third kappa shape index (κ3) is 85.5. The lowest BCUT2D eigenvalue weighted by Crippen LogP contribution is -2.40. The van der Waals surface area contributed by atoms with Crippen molar-refractivity contribution >= 4 is 17.9 Å². The SMILES string of the molecule is CC/C=C\C/C=C\C/C=C\C/C=C\C/C=C\C/C=C\C/C=C\C/C=C\C/C=C\CCCCCCCCCCCCCCCC(=O)OC(COC(=O)CCCCCCCCCCCCCCCCCCCCCC/C=C\C/C=C\C/C=C\C/C=C\C/C=C\C/C=C\CC)COC(OCC[N+](C)(C)C)C(=O)O. The summed E-state index contributed by atoms with van der Waals surface area (Å²) in [6, 6.07) is 0. The van der Waals surface area contributed by atoms with E-state index in [1.807, 2.05) is 21.1 Å². The first-order valence-electron chi connectivity index (χ1n) is 42.9. The second kappa shape index (κ2) is 84.0. The van der Waals surface area contributed by atoms with E-state index in [0.29, 0.717) is 23.9 Å². The highest BCUT2D eigenvalue weighted by Crippen LogP contribution is 2.18. The number of quaternary nitrogens is 1. The smallest absolute Gasteiger partial charge is 0.361 e. The van der Waals surface area contributed by atoms with Gasteiger partial charge in [0.15, 0.2) is 6.10 Å². The standard InChI is InChI=1S/C96H159NO8/c1-6-8-10-12-14-16-18-20-22-24-26-28-30-32-34-36-38-40-42-44-46-47-49-51-53-55-57-59-61-63-65-67-69-71-73-75-77-79-81-83-85-87-94(99)105-92(91-104-96(95(100)101)102-89-88-97(3,4)5)90-103-93(98)86-84-82-80-78-76-74-72-70-68-66-64-62-60-58-56-54-52-50-48-45-43-41-39-37-35-33-31-29-27-25-23-21-19-17-15-13-11-9-7-2/h8-11,14-17,20-23,26-29,32-35,38-41,44,46,49,51,55,57,92,96H,6-7,12-13,18-19,24-25,30-31,36-37,42-43,45,47-48,50,52-54,56,58-91H2,1-5H3/p+1/b10-8-,11-9-,16-14-,17-15-,22-20-,23-21-,28-26-,29-27-,34-32-,35-33-,40-38-,41-39-,46-44-,51-49-,57-55-. The van der Waals surface area contributed by atoms with Gasteiger partial charge < -0.3 is 28.5 Å². The number of nitrogens with zero attached hydrogens (tertiary/aromatic N) is 1. The molecule has 0 bridgehead atoms. The first-order chi connectivity index (χ1) is 51.6. The van der Waals surface area contributed by atoms with E-state index in [4.69, 9.17) is 18.9 Å². The summed E-state index contributed by atoms with van der Waals surface area (Å²) in [5.74, 6) is -2.00. The zero-order valence-electron chi connectivity index (χ0n) is 68.3. The predicted octanol–water partition coefficient (Wildman–Crippen LogP) is 28.3. The van der Waals surface area contributed by atoms with Crippen LogP contribution in [-0.2, 0) is 33.3 Å². The maximum Gasteiger partial charge on any atom is 0.361 e. The highest BCUT2D eigenvalue weighted by atomic mass is 16.7. The Morgan fingerprint density at radius 1 is 0.286 bits per heavy atom. The van der Waals surface area contributed by atoms with Crippen molar-refractivity contribution in [2.75, 3.05) is 47.5 Å². The zero-order chi connectivity index (χ0) is 76.0. The average Bonchev–Trinajstić information content (AvgIpc) is 1.18. The molecule has 0 aromatic heterocycles. The van der Waals surface area contributed by atoms with E-state index in [1.54, 1.807) is 0 Å². The van der Waals surface area contributed by atoms with Crippen molar-refractivity contribution in [1.29, 1.82) is 0 Å². The van der Waals surface area contributed by atoms with E-state index in [0.717, 1.165) is 135 Å². The van der Waals surface area contributed by atoms with Gasteiger partial charge in [0, 0.05) is 12.8 Å². The maximum absolute atomic E-state index is 13.0. The molecule has 0 fully saturated rings. The van der Waals surface area contributed by atoms with Crippen LogP contribution in [0.15, 0.2) is 182 Å². The van der Waals surface area contributed by atoms with Crippen LogP contribution in [0.25, 0.3) is 0 Å². The molecule has 0 aliphatic rings. The van der Waals surface area contributed by atoms with Crippen molar-refractivity contribution in [3.05, 3.63) is 182 Å². The second-order valence-electron chi connectivity index (χ2n) is 29.4. The molecule has 1 N–H and O–H groups in total. The van der Waals surface area contributed by atoms with Gasteiger partial charge in [-0.3, -0.25) is 9.59 Å². The quantitative estimate of drug-likeness (QED) is 0.0211. The van der Waals surface area contributed by atoms with Gasteiger partial charge in [0.1, 0.15) is 13.2 Å². The minimum absolute atomic E-state index is 0.182.